The molecule has 1 N–H and O–H groups in total. The number of nitrogens with one attached hydrogen (secondary N) is 1. The molecule has 0 atom stereocenters. The van der Waals surface area contributed by atoms with Crippen molar-refractivity contribution in [3.8, 4) is 11.4 Å². The fourth-order valence-corrected chi connectivity index (χ4v) is 1.86. The van der Waals surface area contributed by atoms with Crippen molar-refractivity contribution < 1.29 is 4.74 Å². The first-order valence-electron chi connectivity index (χ1n) is 5.61. The predicted octanol–water partition coefficient (Wildman–Crippen LogP) is 2.64. The summed E-state index contributed by atoms with van der Waals surface area (Å²) < 4.78 is 7.93. The first-order valence-corrected chi connectivity index (χ1v) is 6.02. The molecule has 0 amide bonds. The highest BCUT2D eigenvalue weighted by atomic mass is 32.1. The lowest BCUT2D eigenvalue weighted by atomic mass is 10.2. The van der Waals surface area contributed by atoms with Crippen LogP contribution in [0.3, 0.4) is 0 Å². The molecule has 0 aliphatic rings. The highest BCUT2D eigenvalue weighted by Gasteiger charge is 2.07. The van der Waals surface area contributed by atoms with Crippen LogP contribution in [0.2, 0.25) is 0 Å². The van der Waals surface area contributed by atoms with Crippen LogP contribution in [0.15, 0.2) is 30.3 Å². The van der Waals surface area contributed by atoms with Crippen LogP contribution in [0, 0.1) is 4.77 Å². The summed E-state index contributed by atoms with van der Waals surface area (Å²) in [6.45, 7) is 4.05. The Hall–Kier alpha value is -1.46. The van der Waals surface area contributed by atoms with Crippen molar-refractivity contribution in [2.45, 2.75) is 13.5 Å². The second-order valence-corrected chi connectivity index (χ2v) is 3.95. The van der Waals surface area contributed by atoms with Crippen molar-refractivity contribution >= 4 is 12.2 Å². The molecular formula is C12H15N3OS. The fourth-order valence-electron chi connectivity index (χ4n) is 1.63. The van der Waals surface area contributed by atoms with Crippen LogP contribution < -0.4 is 0 Å². The summed E-state index contributed by atoms with van der Waals surface area (Å²) in [4.78, 5) is 0. The molecule has 0 unspecified atom stereocenters. The lowest BCUT2D eigenvalue weighted by molar-refractivity contribution is 0.139. The van der Waals surface area contributed by atoms with Gasteiger partial charge in [-0.2, -0.15) is 5.10 Å². The zero-order valence-electron chi connectivity index (χ0n) is 9.72. The number of H-pyrrole nitrogens is 1. The van der Waals surface area contributed by atoms with Crippen molar-refractivity contribution in [3.05, 3.63) is 35.1 Å². The predicted molar refractivity (Wildman–Crippen MR) is 69.3 cm³/mol. The maximum absolute atomic E-state index is 5.34. The van der Waals surface area contributed by atoms with Gasteiger partial charge in [0.05, 0.1) is 13.2 Å². The van der Waals surface area contributed by atoms with E-state index >= 15 is 0 Å². The standard InChI is InChI=1S/C12H15N3OS/c1-2-16-9-8-15-11(13-14-12(15)17)10-6-4-3-5-7-10/h3-7H,2,8-9H2,1H3,(H,14,17). The van der Waals surface area contributed by atoms with E-state index in [1.54, 1.807) is 0 Å². The topological polar surface area (TPSA) is 42.8 Å². The fraction of sp³-hybridized carbons (Fsp3) is 0.333. The number of benzene rings is 1. The van der Waals surface area contributed by atoms with E-state index in [2.05, 4.69) is 10.2 Å². The van der Waals surface area contributed by atoms with Gasteiger partial charge >= 0.3 is 0 Å². The highest BCUT2D eigenvalue weighted by Crippen LogP contribution is 2.16. The summed E-state index contributed by atoms with van der Waals surface area (Å²) in [5.41, 5.74) is 1.05. The van der Waals surface area contributed by atoms with Gasteiger partial charge in [0.25, 0.3) is 0 Å². The van der Waals surface area contributed by atoms with Gasteiger partial charge in [-0.3, -0.25) is 9.67 Å². The Morgan fingerprint density at radius 2 is 2.12 bits per heavy atom. The molecule has 0 aliphatic carbocycles. The summed E-state index contributed by atoms with van der Waals surface area (Å²) >= 11 is 5.21. The van der Waals surface area contributed by atoms with Crippen LogP contribution in [0.5, 0.6) is 0 Å². The first kappa shape index (κ1) is 12.0. The summed E-state index contributed by atoms with van der Waals surface area (Å²) in [6, 6.07) is 9.99. The number of aromatic amines is 1. The van der Waals surface area contributed by atoms with Crippen LogP contribution in [-0.2, 0) is 11.3 Å². The van der Waals surface area contributed by atoms with E-state index in [0.717, 1.165) is 11.4 Å². The maximum Gasteiger partial charge on any atom is 0.195 e. The van der Waals surface area contributed by atoms with E-state index in [1.807, 2.05) is 41.8 Å². The molecular weight excluding hydrogens is 234 g/mol. The lowest BCUT2D eigenvalue weighted by Gasteiger charge is -2.06. The van der Waals surface area contributed by atoms with Gasteiger partial charge in [0, 0.05) is 12.2 Å². The number of hydrogen-bond acceptors (Lipinski definition) is 3. The molecule has 0 saturated heterocycles. The normalized spacial score (nSPS) is 10.6. The molecule has 2 rings (SSSR count). The summed E-state index contributed by atoms with van der Waals surface area (Å²) in [6.07, 6.45) is 0. The Balaban J connectivity index is 2.26. The molecule has 5 heteroatoms. The Morgan fingerprint density at radius 1 is 1.35 bits per heavy atom. The second kappa shape index (κ2) is 5.75. The number of ether oxygens (including phenoxy) is 1. The largest absolute Gasteiger partial charge is 0.380 e. The molecule has 1 aromatic heterocycles. The minimum atomic E-state index is 0.628. The van der Waals surface area contributed by atoms with Gasteiger partial charge in [-0.1, -0.05) is 30.3 Å². The van der Waals surface area contributed by atoms with Crippen LogP contribution >= 0.6 is 12.2 Å². The van der Waals surface area contributed by atoms with E-state index in [9.17, 15) is 0 Å². The third-order valence-corrected chi connectivity index (χ3v) is 2.77. The van der Waals surface area contributed by atoms with Crippen LogP contribution in [0.4, 0.5) is 0 Å². The number of hydrogen-bond donors (Lipinski definition) is 1. The molecule has 1 heterocycles. The SMILES string of the molecule is CCOCCn1c(-c2ccccc2)n[nH]c1=S. The van der Waals surface area contributed by atoms with Gasteiger partial charge in [-0.15, -0.1) is 0 Å². The average Bonchev–Trinajstić information content (AvgIpc) is 2.73. The lowest BCUT2D eigenvalue weighted by Crippen LogP contribution is -2.07. The van der Waals surface area contributed by atoms with Crippen molar-refractivity contribution in [1.82, 2.24) is 14.8 Å². The third-order valence-electron chi connectivity index (χ3n) is 2.45. The first-order chi connectivity index (χ1) is 8.33. The van der Waals surface area contributed by atoms with E-state index < -0.39 is 0 Å². The van der Waals surface area contributed by atoms with Crippen LogP contribution in [0.1, 0.15) is 6.92 Å². The van der Waals surface area contributed by atoms with Gasteiger partial charge in [-0.25, -0.2) is 0 Å². The van der Waals surface area contributed by atoms with Crippen molar-refractivity contribution in [2.24, 2.45) is 0 Å². The minimum Gasteiger partial charge on any atom is -0.380 e. The van der Waals surface area contributed by atoms with Crippen molar-refractivity contribution in [2.75, 3.05) is 13.2 Å². The second-order valence-electron chi connectivity index (χ2n) is 3.57. The number of rotatable bonds is 5. The summed E-state index contributed by atoms with van der Waals surface area (Å²) in [7, 11) is 0. The van der Waals surface area contributed by atoms with E-state index in [1.165, 1.54) is 0 Å². The molecule has 0 radical (unpaired) electrons. The van der Waals surface area contributed by atoms with E-state index in [4.69, 9.17) is 17.0 Å². The van der Waals surface area contributed by atoms with Crippen LogP contribution in [0.25, 0.3) is 11.4 Å². The third kappa shape index (κ3) is 2.81. The zero-order valence-corrected chi connectivity index (χ0v) is 10.5. The van der Waals surface area contributed by atoms with E-state index in [-0.39, 0.29) is 0 Å². The smallest absolute Gasteiger partial charge is 0.195 e. The van der Waals surface area contributed by atoms with Crippen molar-refractivity contribution in [3.63, 3.8) is 0 Å². The van der Waals surface area contributed by atoms with E-state index in [0.29, 0.717) is 24.5 Å². The monoisotopic (exact) mass is 249 g/mol. The highest BCUT2D eigenvalue weighted by molar-refractivity contribution is 7.71. The zero-order chi connectivity index (χ0) is 12.1. The summed E-state index contributed by atoms with van der Waals surface area (Å²) in [5.74, 6) is 0.857. The number of aromatic nitrogens is 3. The summed E-state index contributed by atoms with van der Waals surface area (Å²) in [5, 5.41) is 7.08. The molecule has 0 spiro atoms. The van der Waals surface area contributed by atoms with Crippen molar-refractivity contribution in [1.29, 1.82) is 0 Å². The quantitative estimate of drug-likeness (QED) is 0.654. The Morgan fingerprint density at radius 3 is 2.82 bits per heavy atom. The minimum absolute atomic E-state index is 0.628. The Kier molecular flexibility index (Phi) is 4.06. The molecule has 0 aliphatic heterocycles. The molecule has 0 fully saturated rings. The molecule has 2 aromatic rings. The molecule has 0 saturated carbocycles. The van der Waals surface area contributed by atoms with Gasteiger partial charge in [0.15, 0.2) is 10.6 Å². The molecule has 17 heavy (non-hydrogen) atoms. The average molecular weight is 249 g/mol. The Bertz CT molecular complexity index is 518. The molecule has 0 bridgehead atoms. The molecule has 4 nitrogen and oxygen atoms in total. The van der Waals surface area contributed by atoms with Gasteiger partial charge in [0.2, 0.25) is 0 Å². The van der Waals surface area contributed by atoms with Crippen LogP contribution in [-0.4, -0.2) is 28.0 Å². The van der Waals surface area contributed by atoms with Gasteiger partial charge in [-0.05, 0) is 19.1 Å². The Labute approximate surface area is 105 Å². The van der Waals surface area contributed by atoms with Gasteiger partial charge < -0.3 is 4.74 Å². The maximum atomic E-state index is 5.34. The molecule has 90 valence electrons. The van der Waals surface area contributed by atoms with Gasteiger partial charge in [0.1, 0.15) is 0 Å². The molecule has 1 aromatic carbocycles. The number of nitrogens with zero attached hydrogens (tertiary/aromatic N) is 2.